The maximum Gasteiger partial charge on any atom is 0.409 e. The van der Waals surface area contributed by atoms with Crippen molar-refractivity contribution in [2.24, 2.45) is 0 Å². The first-order valence-corrected chi connectivity index (χ1v) is 2.81. The van der Waals surface area contributed by atoms with E-state index in [9.17, 15) is 4.79 Å². The minimum Gasteiger partial charge on any atom is -0.413 e. The topological polar surface area (TPSA) is 52.1 Å². The van der Waals surface area contributed by atoms with Gasteiger partial charge < -0.3 is 4.74 Å². The van der Waals surface area contributed by atoms with E-state index in [-0.39, 0.29) is 5.75 Å². The molecule has 4 nitrogen and oxygen atoms in total. The maximum absolute atomic E-state index is 10.1. The normalized spacial score (nSPS) is 8.90. The van der Waals surface area contributed by atoms with Gasteiger partial charge in [0.25, 0.3) is 0 Å². The second-order valence-corrected chi connectivity index (χ2v) is 1.73. The van der Waals surface area contributed by atoms with Crippen LogP contribution in [0.5, 0.6) is 5.75 Å². The number of carbonyl (C=O) groups is 1. The van der Waals surface area contributed by atoms with Crippen molar-refractivity contribution in [1.82, 2.24) is 10.2 Å². The fraction of sp³-hybridized carbons (Fsp3) is 0. The lowest BCUT2D eigenvalue weighted by Crippen LogP contribution is -1.96. The number of carbonyl (C=O) groups excluding carboxylic acids is 1. The van der Waals surface area contributed by atoms with Crippen molar-refractivity contribution in [2.75, 3.05) is 0 Å². The molecule has 0 spiro atoms. The quantitative estimate of drug-likeness (QED) is 0.577. The second-order valence-electron chi connectivity index (χ2n) is 1.42. The zero-order valence-electron chi connectivity index (χ0n) is 4.82. The minimum absolute atomic E-state index is 0.287. The first-order valence-electron chi connectivity index (χ1n) is 2.43. The van der Waals surface area contributed by atoms with Gasteiger partial charge in [-0.3, -0.25) is 0 Å². The molecule has 0 bridgehead atoms. The van der Waals surface area contributed by atoms with Gasteiger partial charge in [0.1, 0.15) is 0 Å². The van der Waals surface area contributed by atoms with Crippen molar-refractivity contribution < 1.29 is 9.53 Å². The highest BCUT2D eigenvalue weighted by Gasteiger charge is 1.97. The van der Waals surface area contributed by atoms with Gasteiger partial charge in [0, 0.05) is 17.7 Å². The monoisotopic (exact) mass is 158 g/mol. The van der Waals surface area contributed by atoms with Gasteiger partial charge in [0.2, 0.25) is 0 Å². The fourth-order valence-corrected chi connectivity index (χ4v) is 0.521. The Morgan fingerprint density at radius 3 is 2.90 bits per heavy atom. The van der Waals surface area contributed by atoms with Crippen LogP contribution in [0.4, 0.5) is 4.79 Å². The molecule has 0 saturated carbocycles. The lowest BCUT2D eigenvalue weighted by Gasteiger charge is -1.94. The Kier molecular flexibility index (Phi) is 2.17. The average molecular weight is 159 g/mol. The van der Waals surface area contributed by atoms with Gasteiger partial charge in [-0.05, 0) is 0 Å². The number of halogens is 1. The molecular weight excluding hydrogens is 156 g/mol. The minimum atomic E-state index is -0.881. The molecule has 0 unspecified atom stereocenters. The lowest BCUT2D eigenvalue weighted by molar-refractivity contribution is 0.225. The van der Waals surface area contributed by atoms with Gasteiger partial charge in [-0.1, -0.05) is 0 Å². The molecule has 0 amide bonds. The van der Waals surface area contributed by atoms with Gasteiger partial charge in [0.15, 0.2) is 5.75 Å². The highest BCUT2D eigenvalue weighted by molar-refractivity contribution is 6.61. The number of hydrogen-bond acceptors (Lipinski definition) is 4. The van der Waals surface area contributed by atoms with Gasteiger partial charge in [-0.25, -0.2) is 4.79 Å². The summed E-state index contributed by atoms with van der Waals surface area (Å²) in [5, 5.41) is 6.92. The zero-order valence-corrected chi connectivity index (χ0v) is 5.58. The summed E-state index contributed by atoms with van der Waals surface area (Å²) in [4.78, 5) is 10.1. The maximum atomic E-state index is 10.1. The molecule has 1 heterocycles. The SMILES string of the molecule is O=C(Cl)Oc1ccnnc1. The molecule has 0 fully saturated rings. The highest BCUT2D eigenvalue weighted by Crippen LogP contribution is 2.06. The Labute approximate surface area is 61.8 Å². The molecule has 0 atom stereocenters. The van der Waals surface area contributed by atoms with Crippen LogP contribution >= 0.6 is 11.6 Å². The summed E-state index contributed by atoms with van der Waals surface area (Å²) in [7, 11) is 0. The van der Waals surface area contributed by atoms with Crippen molar-refractivity contribution in [1.29, 1.82) is 0 Å². The van der Waals surface area contributed by atoms with E-state index in [2.05, 4.69) is 14.9 Å². The predicted molar refractivity (Wildman–Crippen MR) is 33.9 cm³/mol. The molecule has 0 N–H and O–H groups in total. The first-order chi connectivity index (χ1) is 4.79. The van der Waals surface area contributed by atoms with Crippen molar-refractivity contribution >= 4 is 17.0 Å². The summed E-state index contributed by atoms with van der Waals surface area (Å²) in [5.74, 6) is 0.287. The van der Waals surface area contributed by atoms with Crippen LogP contribution in [0.15, 0.2) is 18.5 Å². The molecule has 0 aliphatic heterocycles. The Hall–Kier alpha value is -1.16. The lowest BCUT2D eigenvalue weighted by atomic mass is 10.5. The van der Waals surface area contributed by atoms with E-state index in [4.69, 9.17) is 11.6 Å². The molecular formula is C5H3ClN2O2. The van der Waals surface area contributed by atoms with Crippen molar-refractivity contribution in [3.8, 4) is 5.75 Å². The second kappa shape index (κ2) is 3.12. The Morgan fingerprint density at radius 1 is 1.60 bits per heavy atom. The third kappa shape index (κ3) is 1.99. The third-order valence-electron chi connectivity index (χ3n) is 0.755. The molecule has 1 aromatic rings. The average Bonchev–Trinajstić information content (AvgIpc) is 1.88. The molecule has 1 aromatic heterocycles. The van der Waals surface area contributed by atoms with Crippen molar-refractivity contribution in [2.45, 2.75) is 0 Å². The van der Waals surface area contributed by atoms with Crippen LogP contribution in [0.25, 0.3) is 0 Å². The van der Waals surface area contributed by atoms with Crippen LogP contribution in [-0.4, -0.2) is 15.6 Å². The zero-order chi connectivity index (χ0) is 7.40. The van der Waals surface area contributed by atoms with Crippen LogP contribution in [0, 0.1) is 0 Å². The molecule has 52 valence electrons. The molecule has 0 saturated heterocycles. The van der Waals surface area contributed by atoms with Crippen molar-refractivity contribution in [3.63, 3.8) is 0 Å². The van der Waals surface area contributed by atoms with E-state index >= 15 is 0 Å². The summed E-state index contributed by atoms with van der Waals surface area (Å²) in [6.45, 7) is 0. The van der Waals surface area contributed by atoms with Gasteiger partial charge >= 0.3 is 5.43 Å². The van der Waals surface area contributed by atoms with Gasteiger partial charge in [0.05, 0.1) is 12.4 Å². The largest absolute Gasteiger partial charge is 0.413 e. The smallest absolute Gasteiger partial charge is 0.409 e. The Morgan fingerprint density at radius 2 is 2.40 bits per heavy atom. The van der Waals surface area contributed by atoms with E-state index < -0.39 is 5.43 Å². The van der Waals surface area contributed by atoms with E-state index in [1.165, 1.54) is 18.5 Å². The Bertz CT molecular complexity index is 226. The van der Waals surface area contributed by atoms with E-state index in [1.54, 1.807) is 0 Å². The standard InChI is InChI=1S/C5H3ClN2O2/c6-5(9)10-4-1-2-7-8-3-4/h1-3H. The molecule has 0 aromatic carbocycles. The summed E-state index contributed by atoms with van der Waals surface area (Å²) in [6.07, 6.45) is 2.69. The molecule has 1 rings (SSSR count). The van der Waals surface area contributed by atoms with Crippen LogP contribution in [0.1, 0.15) is 0 Å². The van der Waals surface area contributed by atoms with Gasteiger partial charge in [-0.2, -0.15) is 10.2 Å². The molecule has 0 aliphatic rings. The summed E-state index contributed by atoms with van der Waals surface area (Å²) in [5.41, 5.74) is -0.881. The van der Waals surface area contributed by atoms with Gasteiger partial charge in [-0.15, -0.1) is 0 Å². The first kappa shape index (κ1) is 6.95. The molecule has 0 radical (unpaired) electrons. The van der Waals surface area contributed by atoms with Crippen LogP contribution in [0.2, 0.25) is 0 Å². The number of ether oxygens (including phenoxy) is 1. The van der Waals surface area contributed by atoms with E-state index in [0.29, 0.717) is 0 Å². The fourth-order valence-electron chi connectivity index (χ4n) is 0.432. The summed E-state index contributed by atoms with van der Waals surface area (Å²) < 4.78 is 4.44. The number of hydrogen-bond donors (Lipinski definition) is 0. The Balaban J connectivity index is 2.67. The van der Waals surface area contributed by atoms with Crippen molar-refractivity contribution in [3.05, 3.63) is 18.5 Å². The molecule has 5 heteroatoms. The third-order valence-corrected chi connectivity index (χ3v) is 0.832. The molecule has 10 heavy (non-hydrogen) atoms. The van der Waals surface area contributed by atoms with E-state index in [1.807, 2.05) is 0 Å². The number of rotatable bonds is 1. The summed E-state index contributed by atoms with van der Waals surface area (Å²) >= 11 is 4.90. The predicted octanol–water partition coefficient (Wildman–Crippen LogP) is 1.21. The number of nitrogens with zero attached hydrogens (tertiary/aromatic N) is 2. The molecule has 0 aliphatic carbocycles. The van der Waals surface area contributed by atoms with Crippen LogP contribution in [0.3, 0.4) is 0 Å². The summed E-state index contributed by atoms with van der Waals surface area (Å²) in [6, 6.07) is 1.48. The van der Waals surface area contributed by atoms with E-state index in [0.717, 1.165) is 0 Å². The number of aromatic nitrogens is 2. The highest BCUT2D eigenvalue weighted by atomic mass is 35.5. The van der Waals surface area contributed by atoms with Crippen LogP contribution < -0.4 is 4.74 Å². The van der Waals surface area contributed by atoms with Crippen LogP contribution in [-0.2, 0) is 0 Å².